The molecule has 2 heterocycles. The van der Waals surface area contributed by atoms with Crippen LogP contribution in [0.2, 0.25) is 0 Å². The fraction of sp³-hybridized carbons (Fsp3) is 0.111. The average molecular weight is 441 g/mol. The fourth-order valence-electron chi connectivity index (χ4n) is 2.11. The number of aromatic nitrogens is 2. The first kappa shape index (κ1) is 21.2. The number of carbonyl (C=O) groups excluding carboxylic acids is 2. The summed E-state index contributed by atoms with van der Waals surface area (Å²) >= 11 is 1.000. The molecule has 156 valence electrons. The van der Waals surface area contributed by atoms with E-state index < -0.39 is 30.2 Å². The van der Waals surface area contributed by atoms with Crippen LogP contribution in [0.3, 0.4) is 0 Å². The van der Waals surface area contributed by atoms with Crippen LogP contribution >= 0.6 is 11.3 Å². The molecule has 1 N–H and O–H groups in total. The van der Waals surface area contributed by atoms with Gasteiger partial charge in [0, 0.05) is 17.1 Å². The number of carbonyl (C=O) groups is 2. The summed E-state index contributed by atoms with van der Waals surface area (Å²) in [7, 11) is 0. The Labute approximate surface area is 170 Å². The number of esters is 1. The van der Waals surface area contributed by atoms with Gasteiger partial charge in [-0.25, -0.2) is 14.2 Å². The number of pyridine rings is 1. The molecular formula is C18H11F4N3O4S. The second-order valence-electron chi connectivity index (χ2n) is 5.57. The van der Waals surface area contributed by atoms with Gasteiger partial charge >= 0.3 is 24.3 Å². The number of nitrogens with zero attached hydrogens (tertiary/aromatic N) is 2. The van der Waals surface area contributed by atoms with Crippen LogP contribution in [-0.2, 0) is 14.3 Å². The summed E-state index contributed by atoms with van der Waals surface area (Å²) in [5, 5.41) is 3.77. The van der Waals surface area contributed by atoms with E-state index in [0.717, 1.165) is 17.5 Å². The molecule has 3 rings (SSSR count). The number of nitrogens with one attached hydrogen (secondary N) is 1. The molecule has 0 aliphatic carbocycles. The highest BCUT2D eigenvalue weighted by atomic mass is 32.1. The Hall–Kier alpha value is -3.54. The number of benzene rings is 1. The van der Waals surface area contributed by atoms with E-state index >= 15 is 0 Å². The van der Waals surface area contributed by atoms with Gasteiger partial charge in [-0.1, -0.05) is 0 Å². The van der Waals surface area contributed by atoms with Crippen molar-refractivity contribution < 1.29 is 36.6 Å². The molecule has 1 amide bonds. The van der Waals surface area contributed by atoms with E-state index in [1.54, 1.807) is 0 Å². The lowest BCUT2D eigenvalue weighted by atomic mass is 10.1. The summed E-state index contributed by atoms with van der Waals surface area (Å²) < 4.78 is 59.9. The number of rotatable bonds is 6. The number of hydrogen-bond donors (Lipinski definition) is 1. The van der Waals surface area contributed by atoms with Crippen molar-refractivity contribution in [3.8, 4) is 17.0 Å². The Balaban J connectivity index is 1.76. The highest BCUT2D eigenvalue weighted by Gasteiger charge is 2.44. The SMILES string of the molecule is O=C(Nc1nccs1)C(OC(=O)C(F)(F)F)Oc1ccc(-c2ccc(F)cc2)nc1. The van der Waals surface area contributed by atoms with Crippen LogP contribution in [-0.4, -0.2) is 34.3 Å². The maximum absolute atomic E-state index is 13.0. The van der Waals surface area contributed by atoms with Crippen molar-refractivity contribution in [2.45, 2.75) is 12.5 Å². The monoisotopic (exact) mass is 441 g/mol. The van der Waals surface area contributed by atoms with Gasteiger partial charge in [-0.2, -0.15) is 13.2 Å². The average Bonchev–Trinajstić information content (AvgIpc) is 3.21. The lowest BCUT2D eigenvalue weighted by Gasteiger charge is -2.18. The first-order valence-corrected chi connectivity index (χ1v) is 8.97. The van der Waals surface area contributed by atoms with Crippen LogP contribution in [0.15, 0.2) is 54.2 Å². The van der Waals surface area contributed by atoms with Crippen LogP contribution in [0.1, 0.15) is 0 Å². The largest absolute Gasteiger partial charge is 0.491 e. The van der Waals surface area contributed by atoms with Crippen LogP contribution in [0.25, 0.3) is 11.3 Å². The molecule has 0 bridgehead atoms. The Morgan fingerprint density at radius 3 is 2.37 bits per heavy atom. The Bertz CT molecular complexity index is 1010. The molecule has 0 spiro atoms. The number of anilines is 1. The molecule has 0 fully saturated rings. The zero-order valence-corrected chi connectivity index (χ0v) is 15.5. The van der Waals surface area contributed by atoms with E-state index in [-0.39, 0.29) is 10.9 Å². The standard InChI is InChI=1S/C18H11F4N3O4S/c19-11-3-1-10(2-4-11)13-6-5-12(9-24-13)28-15(29-16(27)18(20,21)22)14(26)25-17-23-7-8-30-17/h1-9,15H,(H,23,25,26). The van der Waals surface area contributed by atoms with E-state index in [2.05, 4.69) is 20.0 Å². The van der Waals surface area contributed by atoms with Gasteiger partial charge < -0.3 is 9.47 Å². The normalized spacial score (nSPS) is 12.1. The van der Waals surface area contributed by atoms with E-state index in [9.17, 15) is 27.2 Å². The molecule has 2 aromatic heterocycles. The van der Waals surface area contributed by atoms with Gasteiger partial charge in [-0.15, -0.1) is 11.3 Å². The van der Waals surface area contributed by atoms with Gasteiger partial charge in [0.25, 0.3) is 0 Å². The number of amides is 1. The van der Waals surface area contributed by atoms with Crippen molar-refractivity contribution in [1.82, 2.24) is 9.97 Å². The number of hydrogen-bond acceptors (Lipinski definition) is 7. The molecule has 1 aromatic carbocycles. The van der Waals surface area contributed by atoms with Crippen molar-refractivity contribution in [3.05, 3.63) is 60.0 Å². The number of thiazole rings is 1. The van der Waals surface area contributed by atoms with Crippen molar-refractivity contribution in [2.75, 3.05) is 5.32 Å². The molecular weight excluding hydrogens is 430 g/mol. The summed E-state index contributed by atoms with van der Waals surface area (Å²) in [4.78, 5) is 31.2. The Kier molecular flexibility index (Phi) is 6.26. The third kappa shape index (κ3) is 5.50. The second kappa shape index (κ2) is 8.86. The van der Waals surface area contributed by atoms with Gasteiger partial charge in [0.2, 0.25) is 0 Å². The van der Waals surface area contributed by atoms with Gasteiger partial charge in [0.1, 0.15) is 11.6 Å². The number of halogens is 4. The lowest BCUT2D eigenvalue weighted by molar-refractivity contribution is -0.215. The van der Waals surface area contributed by atoms with Gasteiger partial charge in [0.05, 0.1) is 11.9 Å². The van der Waals surface area contributed by atoms with Crippen LogP contribution in [0.4, 0.5) is 22.7 Å². The van der Waals surface area contributed by atoms with Crippen molar-refractivity contribution >= 4 is 28.3 Å². The maximum atomic E-state index is 13.0. The third-order valence-corrected chi connectivity index (χ3v) is 4.13. The van der Waals surface area contributed by atoms with Crippen molar-refractivity contribution in [3.63, 3.8) is 0 Å². The van der Waals surface area contributed by atoms with Crippen LogP contribution in [0.5, 0.6) is 5.75 Å². The van der Waals surface area contributed by atoms with Gasteiger partial charge in [0.15, 0.2) is 5.13 Å². The minimum absolute atomic E-state index is 0.0708. The first-order chi connectivity index (χ1) is 14.2. The zero-order chi connectivity index (χ0) is 21.7. The second-order valence-corrected chi connectivity index (χ2v) is 6.46. The van der Waals surface area contributed by atoms with Crippen molar-refractivity contribution in [2.24, 2.45) is 0 Å². The van der Waals surface area contributed by atoms with E-state index in [1.165, 1.54) is 48.0 Å². The predicted octanol–water partition coefficient (Wildman–Crippen LogP) is 3.79. The first-order valence-electron chi connectivity index (χ1n) is 8.09. The van der Waals surface area contributed by atoms with Gasteiger partial charge in [-0.05, 0) is 36.4 Å². The molecule has 7 nitrogen and oxygen atoms in total. The Morgan fingerprint density at radius 2 is 1.80 bits per heavy atom. The van der Waals surface area contributed by atoms with E-state index in [1.807, 2.05) is 0 Å². The molecule has 3 aromatic rings. The molecule has 1 atom stereocenters. The highest BCUT2D eigenvalue weighted by molar-refractivity contribution is 7.13. The van der Waals surface area contributed by atoms with E-state index in [0.29, 0.717) is 11.3 Å². The molecule has 0 saturated carbocycles. The smallest absolute Gasteiger partial charge is 0.445 e. The Morgan fingerprint density at radius 1 is 1.07 bits per heavy atom. The highest BCUT2D eigenvalue weighted by Crippen LogP contribution is 2.23. The topological polar surface area (TPSA) is 90.4 Å². The summed E-state index contributed by atoms with van der Waals surface area (Å²) in [5.41, 5.74) is 0.989. The summed E-state index contributed by atoms with van der Waals surface area (Å²) in [6.45, 7) is 0. The zero-order valence-electron chi connectivity index (χ0n) is 14.7. The molecule has 0 saturated heterocycles. The van der Waals surface area contributed by atoms with Crippen LogP contribution < -0.4 is 10.1 Å². The maximum Gasteiger partial charge on any atom is 0.491 e. The number of alkyl halides is 3. The van der Waals surface area contributed by atoms with Crippen molar-refractivity contribution in [1.29, 1.82) is 0 Å². The molecule has 1 unspecified atom stereocenters. The molecule has 12 heteroatoms. The van der Waals surface area contributed by atoms with Crippen LogP contribution in [0, 0.1) is 5.82 Å². The minimum atomic E-state index is -5.33. The molecule has 0 radical (unpaired) electrons. The predicted molar refractivity (Wildman–Crippen MR) is 96.9 cm³/mol. The summed E-state index contributed by atoms with van der Waals surface area (Å²) in [5.74, 6) is -4.35. The summed E-state index contributed by atoms with van der Waals surface area (Å²) in [6, 6.07) is 8.16. The quantitative estimate of drug-likeness (QED) is 0.356. The summed E-state index contributed by atoms with van der Waals surface area (Å²) in [6.07, 6.45) is -5.10. The molecule has 30 heavy (non-hydrogen) atoms. The molecule has 0 aliphatic heterocycles. The lowest BCUT2D eigenvalue weighted by Crippen LogP contribution is -2.40. The number of ether oxygens (including phenoxy) is 2. The third-order valence-electron chi connectivity index (χ3n) is 3.44. The fourth-order valence-corrected chi connectivity index (χ4v) is 2.64. The molecule has 0 aliphatic rings. The van der Waals surface area contributed by atoms with Gasteiger partial charge in [-0.3, -0.25) is 15.1 Å². The van der Waals surface area contributed by atoms with E-state index in [4.69, 9.17) is 4.74 Å². The minimum Gasteiger partial charge on any atom is -0.445 e.